The van der Waals surface area contributed by atoms with E-state index in [1.807, 2.05) is 33.2 Å². The predicted molar refractivity (Wildman–Crippen MR) is 51.4 cm³/mol. The number of likely N-dealkylation sites (N-methyl/N-ethyl adjacent to an activating group) is 1. The minimum Gasteiger partial charge on any atom is -0.377 e. The monoisotopic (exact) mass is 151 g/mol. The molecule has 0 aliphatic rings. The Kier molecular flexibility index (Phi) is 4.35. The van der Waals surface area contributed by atoms with Crippen LogP contribution >= 0.6 is 0 Å². The summed E-state index contributed by atoms with van der Waals surface area (Å²) in [6.07, 6.45) is 5.98. The Hall–Kier alpha value is -0.980. The molecular weight excluding hydrogens is 134 g/mol. The van der Waals surface area contributed by atoms with Gasteiger partial charge in [-0.05, 0) is 25.5 Å². The lowest BCUT2D eigenvalue weighted by Crippen LogP contribution is -2.10. The molecule has 0 amide bonds. The van der Waals surface area contributed by atoms with Crippen molar-refractivity contribution in [1.29, 1.82) is 0 Å². The smallest absolute Gasteiger partial charge is 0.0387 e. The van der Waals surface area contributed by atoms with Gasteiger partial charge in [0.05, 0.1) is 0 Å². The molecule has 0 atom stereocenters. The molecule has 1 heteroatoms. The van der Waals surface area contributed by atoms with Crippen LogP contribution in [0.2, 0.25) is 0 Å². The van der Waals surface area contributed by atoms with E-state index in [2.05, 4.69) is 24.5 Å². The summed E-state index contributed by atoms with van der Waals surface area (Å²) < 4.78 is 0. The Labute approximate surface area is 69.7 Å². The lowest BCUT2D eigenvalue weighted by molar-refractivity contribution is 0.525. The number of rotatable bonds is 3. The first-order valence-corrected chi connectivity index (χ1v) is 3.76. The Morgan fingerprint density at radius 2 is 1.91 bits per heavy atom. The molecular formula is C10H17N. The number of allylic oxidation sites excluding steroid dienone is 4. The summed E-state index contributed by atoms with van der Waals surface area (Å²) in [5.41, 5.74) is 2.41. The van der Waals surface area contributed by atoms with Crippen LogP contribution in [0.15, 0.2) is 36.1 Å². The van der Waals surface area contributed by atoms with Gasteiger partial charge in [0.25, 0.3) is 0 Å². The van der Waals surface area contributed by atoms with Crippen molar-refractivity contribution < 1.29 is 0 Å². The van der Waals surface area contributed by atoms with Crippen LogP contribution < -0.4 is 0 Å². The fourth-order valence-electron chi connectivity index (χ4n) is 0.896. The molecule has 0 N–H and O–H groups in total. The van der Waals surface area contributed by atoms with Gasteiger partial charge < -0.3 is 4.90 Å². The first-order chi connectivity index (χ1) is 5.13. The zero-order valence-corrected chi connectivity index (χ0v) is 7.89. The highest BCUT2D eigenvalue weighted by Crippen LogP contribution is 2.08. The third-order valence-corrected chi connectivity index (χ3v) is 1.52. The van der Waals surface area contributed by atoms with Crippen molar-refractivity contribution >= 4 is 0 Å². The maximum Gasteiger partial charge on any atom is 0.0387 e. The van der Waals surface area contributed by atoms with Gasteiger partial charge in [0.15, 0.2) is 0 Å². The molecule has 0 aliphatic heterocycles. The van der Waals surface area contributed by atoms with Crippen molar-refractivity contribution in [3.8, 4) is 0 Å². The third-order valence-electron chi connectivity index (χ3n) is 1.52. The Morgan fingerprint density at radius 1 is 1.36 bits per heavy atom. The molecule has 11 heavy (non-hydrogen) atoms. The van der Waals surface area contributed by atoms with Gasteiger partial charge in [0, 0.05) is 19.8 Å². The zero-order chi connectivity index (χ0) is 8.85. The number of hydrogen-bond donors (Lipinski definition) is 0. The highest BCUT2D eigenvalue weighted by Gasteiger charge is 1.96. The van der Waals surface area contributed by atoms with Gasteiger partial charge in [0.2, 0.25) is 0 Å². The SMILES string of the molecule is C=C/C(C)=C(\C=C/C)N(C)C. The normalized spacial score (nSPS) is 13.1. The average Bonchev–Trinajstić information content (AvgIpc) is 1.98. The zero-order valence-electron chi connectivity index (χ0n) is 7.89. The molecule has 0 aliphatic carbocycles. The first kappa shape index (κ1) is 10.0. The van der Waals surface area contributed by atoms with E-state index in [9.17, 15) is 0 Å². The van der Waals surface area contributed by atoms with Gasteiger partial charge in [-0.15, -0.1) is 0 Å². The highest BCUT2D eigenvalue weighted by atomic mass is 15.1. The number of hydrogen-bond acceptors (Lipinski definition) is 1. The number of nitrogens with zero attached hydrogens (tertiary/aromatic N) is 1. The molecule has 0 unspecified atom stereocenters. The van der Waals surface area contributed by atoms with Crippen molar-refractivity contribution in [2.75, 3.05) is 14.1 Å². The van der Waals surface area contributed by atoms with Gasteiger partial charge in [0.1, 0.15) is 0 Å². The summed E-state index contributed by atoms with van der Waals surface area (Å²) in [5.74, 6) is 0. The summed E-state index contributed by atoms with van der Waals surface area (Å²) in [6, 6.07) is 0. The molecule has 0 rings (SSSR count). The molecule has 1 nitrogen and oxygen atoms in total. The standard InChI is InChI=1S/C10H17N/c1-6-8-10(11(4)5)9(3)7-2/h6-8H,2H2,1,3-5H3/b8-6-,10-9+. The Balaban J connectivity index is 4.71. The van der Waals surface area contributed by atoms with E-state index in [1.165, 1.54) is 11.3 Å². The van der Waals surface area contributed by atoms with Crippen LogP contribution in [-0.4, -0.2) is 19.0 Å². The minimum atomic E-state index is 1.20. The van der Waals surface area contributed by atoms with E-state index in [-0.39, 0.29) is 0 Å². The van der Waals surface area contributed by atoms with E-state index < -0.39 is 0 Å². The third kappa shape index (κ3) is 3.08. The fraction of sp³-hybridized carbons (Fsp3) is 0.400. The van der Waals surface area contributed by atoms with E-state index in [1.54, 1.807) is 0 Å². The van der Waals surface area contributed by atoms with E-state index >= 15 is 0 Å². The summed E-state index contributed by atoms with van der Waals surface area (Å²) in [4.78, 5) is 2.08. The van der Waals surface area contributed by atoms with Crippen molar-refractivity contribution in [1.82, 2.24) is 4.90 Å². The highest BCUT2D eigenvalue weighted by molar-refractivity contribution is 5.28. The van der Waals surface area contributed by atoms with Crippen LogP contribution in [0.1, 0.15) is 13.8 Å². The molecule has 0 aromatic rings. The lowest BCUT2D eigenvalue weighted by atomic mass is 10.2. The Morgan fingerprint density at radius 3 is 2.18 bits per heavy atom. The second kappa shape index (κ2) is 4.78. The summed E-state index contributed by atoms with van der Waals surface area (Å²) in [6.45, 7) is 7.80. The van der Waals surface area contributed by atoms with E-state index in [4.69, 9.17) is 0 Å². The second-order valence-corrected chi connectivity index (χ2v) is 2.67. The van der Waals surface area contributed by atoms with Crippen LogP contribution in [0.25, 0.3) is 0 Å². The van der Waals surface area contributed by atoms with Crippen molar-refractivity contribution in [3.63, 3.8) is 0 Å². The first-order valence-electron chi connectivity index (χ1n) is 3.76. The van der Waals surface area contributed by atoms with Crippen LogP contribution in [0, 0.1) is 0 Å². The fourth-order valence-corrected chi connectivity index (χ4v) is 0.896. The van der Waals surface area contributed by atoms with Gasteiger partial charge in [-0.3, -0.25) is 0 Å². The summed E-state index contributed by atoms with van der Waals surface area (Å²) >= 11 is 0. The molecule has 0 heterocycles. The maximum atomic E-state index is 3.73. The van der Waals surface area contributed by atoms with Crippen molar-refractivity contribution in [3.05, 3.63) is 36.1 Å². The van der Waals surface area contributed by atoms with Crippen molar-refractivity contribution in [2.45, 2.75) is 13.8 Å². The van der Waals surface area contributed by atoms with E-state index in [0.717, 1.165) is 0 Å². The van der Waals surface area contributed by atoms with Crippen LogP contribution in [0.4, 0.5) is 0 Å². The van der Waals surface area contributed by atoms with Gasteiger partial charge in [-0.1, -0.05) is 18.7 Å². The maximum absolute atomic E-state index is 3.73. The minimum absolute atomic E-state index is 1.20. The summed E-state index contributed by atoms with van der Waals surface area (Å²) in [7, 11) is 4.06. The molecule has 0 saturated carbocycles. The summed E-state index contributed by atoms with van der Waals surface area (Å²) in [5, 5.41) is 0. The average molecular weight is 151 g/mol. The topological polar surface area (TPSA) is 3.24 Å². The predicted octanol–water partition coefficient (Wildman–Crippen LogP) is 2.58. The largest absolute Gasteiger partial charge is 0.377 e. The lowest BCUT2D eigenvalue weighted by Gasteiger charge is -2.15. The molecule has 0 aromatic heterocycles. The van der Waals surface area contributed by atoms with Crippen LogP contribution in [0.5, 0.6) is 0 Å². The van der Waals surface area contributed by atoms with Gasteiger partial charge >= 0.3 is 0 Å². The quantitative estimate of drug-likeness (QED) is 0.560. The van der Waals surface area contributed by atoms with Gasteiger partial charge in [-0.2, -0.15) is 0 Å². The molecule has 0 bridgehead atoms. The molecule has 0 fully saturated rings. The molecule has 0 spiro atoms. The Bertz CT molecular complexity index is 185. The van der Waals surface area contributed by atoms with Crippen LogP contribution in [0.3, 0.4) is 0 Å². The molecule has 0 saturated heterocycles. The van der Waals surface area contributed by atoms with Crippen LogP contribution in [-0.2, 0) is 0 Å². The second-order valence-electron chi connectivity index (χ2n) is 2.67. The van der Waals surface area contributed by atoms with Crippen molar-refractivity contribution in [2.24, 2.45) is 0 Å². The van der Waals surface area contributed by atoms with Gasteiger partial charge in [-0.25, -0.2) is 0 Å². The van der Waals surface area contributed by atoms with E-state index in [0.29, 0.717) is 0 Å². The molecule has 0 radical (unpaired) electrons. The molecule has 0 aromatic carbocycles. The molecule has 62 valence electrons.